The first-order chi connectivity index (χ1) is 8.56. The van der Waals surface area contributed by atoms with Crippen LogP contribution >= 0.6 is 23.6 Å². The van der Waals surface area contributed by atoms with Crippen LogP contribution in [-0.2, 0) is 11.2 Å². The molecule has 0 unspecified atom stereocenters. The lowest BCUT2D eigenvalue weighted by atomic mass is 9.81. The number of nitrogens with zero attached hydrogens (tertiary/aromatic N) is 1. The van der Waals surface area contributed by atoms with E-state index in [4.69, 9.17) is 18.0 Å². The molecule has 0 aromatic carbocycles. The summed E-state index contributed by atoms with van der Waals surface area (Å²) in [6.07, 6.45) is 1.98. The van der Waals surface area contributed by atoms with Crippen molar-refractivity contribution in [3.05, 3.63) is 16.6 Å². The van der Waals surface area contributed by atoms with Crippen LogP contribution in [0, 0.1) is 5.41 Å². The quantitative estimate of drug-likeness (QED) is 0.751. The number of carbonyl (C=O) groups excluding carboxylic acids is 1. The third-order valence-corrected chi connectivity index (χ3v) is 4.29. The average molecular weight is 285 g/mol. The maximum Gasteiger partial charge on any atom is 0.233 e. The van der Waals surface area contributed by atoms with Crippen LogP contribution in [-0.4, -0.2) is 22.4 Å². The first-order valence-corrected chi connectivity index (χ1v) is 7.37. The molecule has 0 saturated heterocycles. The van der Waals surface area contributed by atoms with Crippen molar-refractivity contribution in [3.8, 4) is 0 Å². The van der Waals surface area contributed by atoms with Gasteiger partial charge in [-0.05, 0) is 12.8 Å². The van der Waals surface area contributed by atoms with Gasteiger partial charge in [-0.25, -0.2) is 4.98 Å². The predicted molar refractivity (Wildman–Crippen MR) is 78.6 cm³/mol. The topological polar surface area (TPSA) is 68.0 Å². The fraction of sp³-hybridized carbons (Fsp3) is 0.583. The molecule has 1 aromatic rings. The van der Waals surface area contributed by atoms with Crippen LogP contribution in [0.4, 0.5) is 0 Å². The van der Waals surface area contributed by atoms with Crippen molar-refractivity contribution >= 4 is 34.5 Å². The molecule has 1 amide bonds. The number of carbonyl (C=O) groups is 1. The zero-order valence-electron chi connectivity index (χ0n) is 10.7. The number of thiocarbonyl (C=S) groups is 1. The van der Waals surface area contributed by atoms with E-state index in [-0.39, 0.29) is 10.9 Å². The number of hydrogen-bond donors (Lipinski definition) is 2. The van der Waals surface area contributed by atoms with E-state index >= 15 is 0 Å². The summed E-state index contributed by atoms with van der Waals surface area (Å²) in [5.74, 6) is -0.0739. The lowest BCUT2D eigenvalue weighted by Crippen LogP contribution is -2.48. The molecule has 1 aromatic heterocycles. The second-order valence-electron chi connectivity index (χ2n) is 4.14. The van der Waals surface area contributed by atoms with Gasteiger partial charge in [0.15, 0.2) is 0 Å². The van der Waals surface area contributed by atoms with Gasteiger partial charge in [-0.3, -0.25) is 4.79 Å². The fourth-order valence-electron chi connectivity index (χ4n) is 1.87. The van der Waals surface area contributed by atoms with E-state index in [1.807, 2.05) is 19.2 Å². The molecule has 18 heavy (non-hydrogen) atoms. The first-order valence-electron chi connectivity index (χ1n) is 6.02. The van der Waals surface area contributed by atoms with Gasteiger partial charge in [0.25, 0.3) is 0 Å². The highest BCUT2D eigenvalue weighted by Crippen LogP contribution is 2.27. The predicted octanol–water partition coefficient (Wildman–Crippen LogP) is 1.89. The number of aromatic nitrogens is 1. The number of thiazole rings is 1. The van der Waals surface area contributed by atoms with E-state index in [0.29, 0.717) is 19.4 Å². The average Bonchev–Trinajstić information content (AvgIpc) is 2.84. The smallest absolute Gasteiger partial charge is 0.233 e. The van der Waals surface area contributed by atoms with Crippen LogP contribution in [0.5, 0.6) is 0 Å². The van der Waals surface area contributed by atoms with Gasteiger partial charge < -0.3 is 11.1 Å². The summed E-state index contributed by atoms with van der Waals surface area (Å²) in [5, 5.41) is 4.88. The Bertz CT molecular complexity index is 399. The maximum atomic E-state index is 12.2. The minimum atomic E-state index is -0.711. The van der Waals surface area contributed by atoms with Crippen LogP contribution < -0.4 is 11.1 Å². The Morgan fingerprint density at radius 1 is 1.56 bits per heavy atom. The molecule has 0 spiro atoms. The highest BCUT2D eigenvalue weighted by atomic mass is 32.1. The molecule has 0 radical (unpaired) electrons. The summed E-state index contributed by atoms with van der Waals surface area (Å²) in [6, 6.07) is 0. The van der Waals surface area contributed by atoms with Crippen molar-refractivity contribution in [1.29, 1.82) is 0 Å². The van der Waals surface area contributed by atoms with Crippen molar-refractivity contribution in [2.75, 3.05) is 6.54 Å². The molecule has 0 aliphatic heterocycles. The van der Waals surface area contributed by atoms with Gasteiger partial charge in [0.05, 0.1) is 21.6 Å². The molecule has 0 aliphatic carbocycles. The number of rotatable bonds is 7. The Balaban J connectivity index is 2.55. The maximum absolute atomic E-state index is 12.2. The van der Waals surface area contributed by atoms with Crippen LogP contribution in [0.25, 0.3) is 0 Å². The molecular weight excluding hydrogens is 266 g/mol. The monoisotopic (exact) mass is 285 g/mol. The number of nitrogens with one attached hydrogen (secondary N) is 1. The molecule has 6 heteroatoms. The van der Waals surface area contributed by atoms with E-state index in [9.17, 15) is 4.79 Å². The standard InChI is InChI=1S/C12H19N3OS2/c1-3-12(4-2,10(13)17)11(16)14-6-5-9-7-18-8-15-9/h7-8H,3-6H2,1-2H3,(H2,13,17)(H,14,16). The van der Waals surface area contributed by atoms with Gasteiger partial charge in [0.2, 0.25) is 5.91 Å². The second-order valence-corrected chi connectivity index (χ2v) is 5.30. The molecule has 1 rings (SSSR count). The second kappa shape index (κ2) is 6.80. The largest absolute Gasteiger partial charge is 0.392 e. The molecule has 0 fully saturated rings. The van der Waals surface area contributed by atoms with Gasteiger partial charge in [-0.1, -0.05) is 26.1 Å². The van der Waals surface area contributed by atoms with E-state index in [0.717, 1.165) is 12.1 Å². The highest BCUT2D eigenvalue weighted by Gasteiger charge is 2.37. The summed E-state index contributed by atoms with van der Waals surface area (Å²) in [6.45, 7) is 4.43. The Morgan fingerprint density at radius 2 is 2.22 bits per heavy atom. The van der Waals surface area contributed by atoms with Crippen LogP contribution in [0.15, 0.2) is 10.9 Å². The molecule has 100 valence electrons. The van der Waals surface area contributed by atoms with Crippen molar-refractivity contribution in [2.24, 2.45) is 11.1 Å². The summed E-state index contributed by atoms with van der Waals surface area (Å²) in [4.78, 5) is 16.6. The first kappa shape index (κ1) is 15.0. The Hall–Kier alpha value is -1.01. The Kier molecular flexibility index (Phi) is 5.68. The summed E-state index contributed by atoms with van der Waals surface area (Å²) >= 11 is 6.59. The highest BCUT2D eigenvalue weighted by molar-refractivity contribution is 7.80. The van der Waals surface area contributed by atoms with Crippen LogP contribution in [0.3, 0.4) is 0 Å². The van der Waals surface area contributed by atoms with Gasteiger partial charge in [0, 0.05) is 18.3 Å². The van der Waals surface area contributed by atoms with E-state index < -0.39 is 5.41 Å². The number of nitrogens with two attached hydrogens (primary N) is 1. The van der Waals surface area contributed by atoms with Gasteiger partial charge in [-0.2, -0.15) is 0 Å². The van der Waals surface area contributed by atoms with E-state index in [1.165, 1.54) is 0 Å². The van der Waals surface area contributed by atoms with E-state index in [1.54, 1.807) is 16.8 Å². The molecule has 0 atom stereocenters. The Morgan fingerprint density at radius 3 is 2.67 bits per heavy atom. The molecule has 4 nitrogen and oxygen atoms in total. The zero-order valence-corrected chi connectivity index (χ0v) is 12.4. The summed E-state index contributed by atoms with van der Waals surface area (Å²) in [5.41, 5.74) is 7.79. The third-order valence-electron chi connectivity index (χ3n) is 3.26. The fourth-order valence-corrected chi connectivity index (χ4v) is 2.84. The lowest BCUT2D eigenvalue weighted by Gasteiger charge is -2.28. The normalized spacial score (nSPS) is 11.2. The van der Waals surface area contributed by atoms with Crippen molar-refractivity contribution in [1.82, 2.24) is 10.3 Å². The summed E-state index contributed by atoms with van der Waals surface area (Å²) in [7, 11) is 0. The van der Waals surface area contributed by atoms with Crippen molar-refractivity contribution in [2.45, 2.75) is 33.1 Å². The summed E-state index contributed by atoms with van der Waals surface area (Å²) < 4.78 is 0. The SMILES string of the molecule is CCC(CC)(C(=O)NCCc1cscn1)C(N)=S. The molecule has 0 saturated carbocycles. The van der Waals surface area contributed by atoms with Crippen LogP contribution in [0.2, 0.25) is 0 Å². The zero-order chi connectivity index (χ0) is 13.6. The third kappa shape index (κ3) is 3.26. The van der Waals surface area contributed by atoms with Gasteiger partial charge in [-0.15, -0.1) is 11.3 Å². The van der Waals surface area contributed by atoms with Crippen molar-refractivity contribution in [3.63, 3.8) is 0 Å². The van der Waals surface area contributed by atoms with Crippen molar-refractivity contribution < 1.29 is 4.79 Å². The number of hydrogen-bond acceptors (Lipinski definition) is 4. The minimum absolute atomic E-state index is 0.0739. The van der Waals surface area contributed by atoms with E-state index in [2.05, 4.69) is 10.3 Å². The van der Waals surface area contributed by atoms with Gasteiger partial charge >= 0.3 is 0 Å². The lowest BCUT2D eigenvalue weighted by molar-refractivity contribution is -0.127. The molecule has 0 bridgehead atoms. The molecule has 0 aliphatic rings. The molecular formula is C12H19N3OS2. The molecule has 1 heterocycles. The molecule has 3 N–H and O–H groups in total. The number of amides is 1. The Labute approximate surface area is 117 Å². The van der Waals surface area contributed by atoms with Gasteiger partial charge in [0.1, 0.15) is 0 Å². The minimum Gasteiger partial charge on any atom is -0.392 e. The van der Waals surface area contributed by atoms with Crippen LogP contribution in [0.1, 0.15) is 32.4 Å².